The second-order valence-corrected chi connectivity index (χ2v) is 4.48. The molecule has 2 aliphatic heterocycles. The first-order chi connectivity index (χ1) is 7.56. The van der Waals surface area contributed by atoms with Gasteiger partial charge in [0.25, 0.3) is 0 Å². The van der Waals surface area contributed by atoms with E-state index in [0.29, 0.717) is 13.1 Å². The van der Waals surface area contributed by atoms with Gasteiger partial charge in [0.1, 0.15) is 0 Å². The Kier molecular flexibility index (Phi) is 2.86. The number of carboxylic acid groups (broad SMARTS) is 1. The Labute approximate surface area is 93.8 Å². The molecule has 1 N–H and O–H groups in total. The number of hydrogen-bond acceptors (Lipinski definition) is 4. The smallest absolute Gasteiger partial charge is 0.324 e. The number of carbonyl (C=O) groups excluding carboxylic acids is 1. The van der Waals surface area contributed by atoms with Crippen molar-refractivity contribution >= 4 is 11.9 Å². The molecule has 1 amide bonds. The van der Waals surface area contributed by atoms with Gasteiger partial charge in [-0.05, 0) is 7.05 Å². The highest BCUT2D eigenvalue weighted by molar-refractivity contribution is 6.03. The molecule has 0 bridgehead atoms. The van der Waals surface area contributed by atoms with Crippen molar-refractivity contribution in [3.63, 3.8) is 0 Å². The maximum Gasteiger partial charge on any atom is 0.324 e. The van der Waals surface area contributed by atoms with Crippen LogP contribution in [0.25, 0.3) is 0 Å². The molecule has 2 heterocycles. The van der Waals surface area contributed by atoms with Gasteiger partial charge < -0.3 is 19.6 Å². The average molecular weight is 228 g/mol. The molecule has 6 nitrogen and oxygen atoms in total. The van der Waals surface area contributed by atoms with E-state index in [-0.39, 0.29) is 19.1 Å². The third-order valence-electron chi connectivity index (χ3n) is 3.31. The largest absolute Gasteiger partial charge is 0.480 e. The molecule has 0 saturated carbocycles. The molecule has 0 unspecified atom stereocenters. The summed E-state index contributed by atoms with van der Waals surface area (Å²) in [6.45, 7) is 2.81. The number of piperazine rings is 1. The van der Waals surface area contributed by atoms with Crippen LogP contribution in [0.5, 0.6) is 0 Å². The Hall–Kier alpha value is -1.14. The summed E-state index contributed by atoms with van der Waals surface area (Å²) in [5.74, 6) is -1.36. The Morgan fingerprint density at radius 3 is 2.12 bits per heavy atom. The standard InChI is InChI=1S/C10H16N2O4/c1-11-2-4-12(5-3-11)8(13)10(9(14)15)6-16-7-10/h2-7H2,1H3,(H,14,15). The van der Waals surface area contributed by atoms with Crippen molar-refractivity contribution in [2.45, 2.75) is 0 Å². The van der Waals surface area contributed by atoms with Crippen LogP contribution in [-0.2, 0) is 14.3 Å². The third-order valence-corrected chi connectivity index (χ3v) is 3.31. The van der Waals surface area contributed by atoms with Crippen LogP contribution in [0.2, 0.25) is 0 Å². The molecule has 90 valence electrons. The van der Waals surface area contributed by atoms with E-state index in [4.69, 9.17) is 9.84 Å². The number of hydrogen-bond donors (Lipinski definition) is 1. The van der Waals surface area contributed by atoms with Crippen LogP contribution in [0, 0.1) is 5.41 Å². The molecule has 0 aromatic carbocycles. The van der Waals surface area contributed by atoms with E-state index in [1.165, 1.54) is 0 Å². The van der Waals surface area contributed by atoms with E-state index in [9.17, 15) is 9.59 Å². The van der Waals surface area contributed by atoms with Crippen molar-refractivity contribution in [2.75, 3.05) is 46.4 Å². The van der Waals surface area contributed by atoms with Crippen LogP contribution in [-0.4, -0.2) is 73.2 Å². The summed E-state index contributed by atoms with van der Waals surface area (Å²) >= 11 is 0. The SMILES string of the molecule is CN1CCN(C(=O)C2(C(=O)O)COC2)CC1. The lowest BCUT2D eigenvalue weighted by molar-refractivity contribution is -0.192. The number of rotatable bonds is 2. The highest BCUT2D eigenvalue weighted by Gasteiger charge is 2.55. The van der Waals surface area contributed by atoms with Crippen LogP contribution in [0.1, 0.15) is 0 Å². The van der Waals surface area contributed by atoms with Crippen LogP contribution in [0.4, 0.5) is 0 Å². The van der Waals surface area contributed by atoms with Crippen molar-refractivity contribution in [1.29, 1.82) is 0 Å². The summed E-state index contributed by atoms with van der Waals surface area (Å²) in [4.78, 5) is 27.0. The summed E-state index contributed by atoms with van der Waals surface area (Å²) in [7, 11) is 1.99. The molecular formula is C10H16N2O4. The number of amides is 1. The van der Waals surface area contributed by atoms with Crippen molar-refractivity contribution in [2.24, 2.45) is 5.41 Å². The van der Waals surface area contributed by atoms with Crippen LogP contribution >= 0.6 is 0 Å². The fraction of sp³-hybridized carbons (Fsp3) is 0.800. The normalized spacial score (nSPS) is 24.9. The summed E-state index contributed by atoms with van der Waals surface area (Å²) in [5.41, 5.74) is -1.31. The molecule has 6 heteroatoms. The van der Waals surface area contributed by atoms with Gasteiger partial charge in [0.15, 0.2) is 5.41 Å². The number of carboxylic acids is 1. The van der Waals surface area contributed by atoms with Gasteiger partial charge in [0.05, 0.1) is 13.2 Å². The zero-order valence-electron chi connectivity index (χ0n) is 9.31. The Balaban J connectivity index is 2.04. The van der Waals surface area contributed by atoms with E-state index in [2.05, 4.69) is 4.90 Å². The molecule has 0 atom stereocenters. The molecule has 0 aromatic heterocycles. The molecular weight excluding hydrogens is 212 g/mol. The number of nitrogens with zero attached hydrogens (tertiary/aromatic N) is 2. The Morgan fingerprint density at radius 2 is 1.75 bits per heavy atom. The predicted octanol–water partition coefficient (Wildman–Crippen LogP) is -1.14. The van der Waals surface area contributed by atoms with Gasteiger partial charge in [-0.25, -0.2) is 0 Å². The fourth-order valence-electron chi connectivity index (χ4n) is 1.96. The first-order valence-electron chi connectivity index (χ1n) is 5.35. The van der Waals surface area contributed by atoms with Crippen molar-refractivity contribution in [1.82, 2.24) is 9.80 Å². The fourth-order valence-corrected chi connectivity index (χ4v) is 1.96. The van der Waals surface area contributed by atoms with E-state index < -0.39 is 11.4 Å². The topological polar surface area (TPSA) is 70.1 Å². The lowest BCUT2D eigenvalue weighted by Crippen LogP contribution is -2.62. The highest BCUT2D eigenvalue weighted by Crippen LogP contribution is 2.30. The quantitative estimate of drug-likeness (QED) is 0.605. The molecule has 0 radical (unpaired) electrons. The first-order valence-corrected chi connectivity index (χ1v) is 5.35. The minimum absolute atomic E-state index is 0.00745. The summed E-state index contributed by atoms with van der Waals surface area (Å²) < 4.78 is 4.89. The number of carbonyl (C=O) groups is 2. The third kappa shape index (κ3) is 1.68. The molecule has 0 aromatic rings. The maximum absolute atomic E-state index is 12.1. The van der Waals surface area contributed by atoms with Gasteiger partial charge in [0, 0.05) is 26.2 Å². The van der Waals surface area contributed by atoms with Crippen LogP contribution in [0.3, 0.4) is 0 Å². The number of likely N-dealkylation sites (N-methyl/N-ethyl adjacent to an activating group) is 1. The number of ether oxygens (including phenoxy) is 1. The molecule has 0 spiro atoms. The van der Waals surface area contributed by atoms with Gasteiger partial charge in [-0.15, -0.1) is 0 Å². The lowest BCUT2D eigenvalue weighted by Gasteiger charge is -2.42. The van der Waals surface area contributed by atoms with Crippen molar-refractivity contribution in [3.05, 3.63) is 0 Å². The molecule has 2 rings (SSSR count). The van der Waals surface area contributed by atoms with Gasteiger partial charge in [-0.3, -0.25) is 9.59 Å². The average Bonchev–Trinajstić information content (AvgIpc) is 2.16. The zero-order chi connectivity index (χ0) is 11.8. The molecule has 16 heavy (non-hydrogen) atoms. The van der Waals surface area contributed by atoms with E-state index in [0.717, 1.165) is 13.1 Å². The highest BCUT2D eigenvalue weighted by atomic mass is 16.5. The van der Waals surface area contributed by atoms with Crippen LogP contribution in [0.15, 0.2) is 0 Å². The summed E-state index contributed by atoms with van der Waals surface area (Å²) in [6.07, 6.45) is 0. The number of aliphatic carboxylic acids is 1. The Bertz CT molecular complexity index is 306. The summed E-state index contributed by atoms with van der Waals surface area (Å²) in [6, 6.07) is 0. The maximum atomic E-state index is 12.1. The second-order valence-electron chi connectivity index (χ2n) is 4.48. The van der Waals surface area contributed by atoms with E-state index >= 15 is 0 Å². The van der Waals surface area contributed by atoms with Crippen molar-refractivity contribution < 1.29 is 19.4 Å². The minimum atomic E-state index is -1.31. The first kappa shape index (κ1) is 11.3. The lowest BCUT2D eigenvalue weighted by atomic mass is 9.84. The monoisotopic (exact) mass is 228 g/mol. The molecule has 2 fully saturated rings. The summed E-state index contributed by atoms with van der Waals surface area (Å²) in [5, 5.41) is 9.10. The van der Waals surface area contributed by atoms with Gasteiger partial charge in [-0.1, -0.05) is 0 Å². The van der Waals surface area contributed by atoms with Gasteiger partial charge in [0.2, 0.25) is 5.91 Å². The molecule has 0 aliphatic carbocycles. The van der Waals surface area contributed by atoms with E-state index in [1.54, 1.807) is 4.90 Å². The zero-order valence-corrected chi connectivity index (χ0v) is 9.31. The van der Waals surface area contributed by atoms with Crippen molar-refractivity contribution in [3.8, 4) is 0 Å². The molecule has 2 aliphatic rings. The Morgan fingerprint density at radius 1 is 1.19 bits per heavy atom. The minimum Gasteiger partial charge on any atom is -0.480 e. The van der Waals surface area contributed by atoms with Crippen LogP contribution < -0.4 is 0 Å². The van der Waals surface area contributed by atoms with Gasteiger partial charge >= 0.3 is 5.97 Å². The second kappa shape index (κ2) is 4.03. The van der Waals surface area contributed by atoms with E-state index in [1.807, 2.05) is 7.05 Å². The van der Waals surface area contributed by atoms with Gasteiger partial charge in [-0.2, -0.15) is 0 Å². The molecule has 2 saturated heterocycles. The predicted molar refractivity (Wildman–Crippen MR) is 55.0 cm³/mol.